The lowest BCUT2D eigenvalue weighted by Crippen LogP contribution is -2.42. The summed E-state index contributed by atoms with van der Waals surface area (Å²) in [5.74, 6) is -0.286. The largest absolute Gasteiger partial charge is 0.384 e. The zero-order valence-electron chi connectivity index (χ0n) is 18.5. The van der Waals surface area contributed by atoms with E-state index < -0.39 is 11.6 Å². The Bertz CT molecular complexity index is 1090. The van der Waals surface area contributed by atoms with Crippen molar-refractivity contribution >= 4 is 23.3 Å². The van der Waals surface area contributed by atoms with Crippen molar-refractivity contribution in [1.29, 1.82) is 5.41 Å². The molecule has 0 radical (unpaired) electrons. The molecular weight excluding hydrogens is 410 g/mol. The minimum absolute atomic E-state index is 0.0280. The number of benzene rings is 1. The first kappa shape index (κ1) is 23.0. The van der Waals surface area contributed by atoms with Crippen LogP contribution in [0.1, 0.15) is 56.6 Å². The van der Waals surface area contributed by atoms with E-state index in [9.17, 15) is 14.4 Å². The summed E-state index contributed by atoms with van der Waals surface area (Å²) in [5.41, 5.74) is 5.93. The number of amidine groups is 1. The molecule has 0 unspecified atom stereocenters. The summed E-state index contributed by atoms with van der Waals surface area (Å²) < 4.78 is 1.38. The Morgan fingerprint density at radius 1 is 1.31 bits per heavy atom. The molecule has 0 saturated carbocycles. The average molecular weight is 440 g/mol. The van der Waals surface area contributed by atoms with E-state index in [4.69, 9.17) is 11.1 Å². The van der Waals surface area contributed by atoms with E-state index >= 15 is 0 Å². The van der Waals surface area contributed by atoms with Gasteiger partial charge in [0.15, 0.2) is 0 Å². The van der Waals surface area contributed by atoms with E-state index in [2.05, 4.69) is 20.9 Å². The van der Waals surface area contributed by atoms with Gasteiger partial charge >= 0.3 is 0 Å². The number of nitrogens with one attached hydrogen (secondary N) is 4. The summed E-state index contributed by atoms with van der Waals surface area (Å²) in [6.07, 6.45) is 2.50. The molecule has 0 spiro atoms. The Labute approximate surface area is 186 Å². The Hall–Kier alpha value is -3.69. The molecule has 0 aliphatic carbocycles. The number of anilines is 1. The zero-order valence-corrected chi connectivity index (χ0v) is 18.5. The highest BCUT2D eigenvalue weighted by Crippen LogP contribution is 2.37. The topological polar surface area (TPSA) is 155 Å². The van der Waals surface area contributed by atoms with Gasteiger partial charge in [-0.15, -0.1) is 0 Å². The first-order valence-corrected chi connectivity index (χ1v) is 10.5. The van der Waals surface area contributed by atoms with Crippen LogP contribution < -0.4 is 27.2 Å². The fraction of sp³-hybridized carbons (Fsp3) is 0.409. The SMILES string of the molecule is CCCNc1cnc2n(c1=O)[C@H](C(=O)NCc1ccc(C(=N)N)cc1)C[C@@]2(C)NC(C)=O. The van der Waals surface area contributed by atoms with Crippen LogP contribution in [0.5, 0.6) is 0 Å². The third-order valence-corrected chi connectivity index (χ3v) is 5.45. The van der Waals surface area contributed by atoms with Gasteiger partial charge in [0, 0.05) is 32.0 Å². The molecule has 2 heterocycles. The third kappa shape index (κ3) is 4.63. The van der Waals surface area contributed by atoms with Crippen LogP contribution in [0.2, 0.25) is 0 Å². The van der Waals surface area contributed by atoms with Crippen molar-refractivity contribution in [2.24, 2.45) is 5.73 Å². The van der Waals surface area contributed by atoms with Gasteiger partial charge in [0.1, 0.15) is 23.4 Å². The maximum Gasteiger partial charge on any atom is 0.277 e. The summed E-state index contributed by atoms with van der Waals surface area (Å²) in [6, 6.07) is 6.16. The van der Waals surface area contributed by atoms with E-state index in [0.717, 1.165) is 12.0 Å². The molecule has 1 aliphatic rings. The van der Waals surface area contributed by atoms with Gasteiger partial charge in [-0.2, -0.15) is 0 Å². The lowest BCUT2D eigenvalue weighted by Gasteiger charge is -2.24. The minimum Gasteiger partial charge on any atom is -0.384 e. The minimum atomic E-state index is -0.945. The molecule has 0 bridgehead atoms. The van der Waals surface area contributed by atoms with Crippen molar-refractivity contribution in [2.75, 3.05) is 11.9 Å². The summed E-state index contributed by atoms with van der Waals surface area (Å²) >= 11 is 0. The molecule has 3 rings (SSSR count). The molecule has 0 fully saturated rings. The number of nitrogen functional groups attached to an aromatic ring is 1. The van der Waals surface area contributed by atoms with Gasteiger partial charge in [-0.25, -0.2) is 4.98 Å². The molecule has 10 nitrogen and oxygen atoms in total. The van der Waals surface area contributed by atoms with Crippen LogP contribution in [0, 0.1) is 5.41 Å². The molecule has 32 heavy (non-hydrogen) atoms. The maximum absolute atomic E-state index is 13.2. The normalized spacial score (nSPS) is 19.2. The van der Waals surface area contributed by atoms with E-state index in [-0.39, 0.29) is 36.2 Å². The molecule has 0 saturated heterocycles. The number of aromatic nitrogens is 2. The van der Waals surface area contributed by atoms with Crippen LogP contribution >= 0.6 is 0 Å². The number of rotatable bonds is 8. The molecule has 10 heteroatoms. The molecule has 1 aromatic heterocycles. The lowest BCUT2D eigenvalue weighted by atomic mass is 9.96. The summed E-state index contributed by atoms with van der Waals surface area (Å²) in [5, 5.41) is 16.2. The van der Waals surface area contributed by atoms with Crippen molar-refractivity contribution in [3.8, 4) is 0 Å². The summed E-state index contributed by atoms with van der Waals surface area (Å²) in [6.45, 7) is 5.99. The Morgan fingerprint density at radius 3 is 2.59 bits per heavy atom. The van der Waals surface area contributed by atoms with Crippen LogP contribution in [0.15, 0.2) is 35.3 Å². The van der Waals surface area contributed by atoms with Crippen molar-refractivity contribution in [3.05, 3.63) is 57.8 Å². The molecule has 1 aliphatic heterocycles. The van der Waals surface area contributed by atoms with Gasteiger partial charge in [-0.1, -0.05) is 31.2 Å². The van der Waals surface area contributed by atoms with Crippen LogP contribution in [0.25, 0.3) is 0 Å². The van der Waals surface area contributed by atoms with Gasteiger partial charge in [-0.05, 0) is 18.9 Å². The Balaban J connectivity index is 1.87. The predicted octanol–water partition coefficient (Wildman–Crippen LogP) is 0.962. The Kier molecular flexibility index (Phi) is 6.61. The number of carbonyl (C=O) groups is 2. The fourth-order valence-electron chi connectivity index (χ4n) is 3.93. The van der Waals surface area contributed by atoms with Crippen molar-refractivity contribution < 1.29 is 9.59 Å². The van der Waals surface area contributed by atoms with Crippen LogP contribution in [-0.2, 0) is 21.7 Å². The highest BCUT2D eigenvalue weighted by molar-refractivity contribution is 5.94. The van der Waals surface area contributed by atoms with Gasteiger partial charge < -0.3 is 21.7 Å². The number of nitrogens with two attached hydrogens (primary N) is 1. The highest BCUT2D eigenvalue weighted by Gasteiger charge is 2.46. The van der Waals surface area contributed by atoms with Crippen molar-refractivity contribution in [3.63, 3.8) is 0 Å². The number of fused-ring (bicyclic) bond motifs is 1. The lowest BCUT2D eigenvalue weighted by molar-refractivity contribution is -0.125. The number of nitrogens with zero attached hydrogens (tertiary/aromatic N) is 2. The zero-order chi connectivity index (χ0) is 23.5. The van der Waals surface area contributed by atoms with Crippen molar-refractivity contribution in [1.82, 2.24) is 20.2 Å². The smallest absolute Gasteiger partial charge is 0.277 e. The van der Waals surface area contributed by atoms with Crippen LogP contribution in [0.3, 0.4) is 0 Å². The van der Waals surface area contributed by atoms with Crippen molar-refractivity contribution in [2.45, 2.75) is 51.7 Å². The first-order chi connectivity index (χ1) is 15.2. The van der Waals surface area contributed by atoms with Gasteiger partial charge in [0.2, 0.25) is 11.8 Å². The van der Waals surface area contributed by atoms with E-state index in [0.29, 0.717) is 23.6 Å². The monoisotopic (exact) mass is 439 g/mol. The van der Waals surface area contributed by atoms with Gasteiger partial charge in [-0.3, -0.25) is 24.4 Å². The first-order valence-electron chi connectivity index (χ1n) is 10.5. The standard InChI is InChI=1S/C22H29N7O3/c1-4-9-25-16-12-27-21-22(3,28-13(2)30)10-17(29(21)20(16)32)19(31)26-11-14-5-7-15(8-6-14)18(23)24/h5-8,12,17,25H,4,9-11H2,1-3H3,(H3,23,24)(H,26,31)(H,28,30)/t17-,22+/m0/s1. The molecule has 2 aromatic rings. The molecule has 2 atom stereocenters. The molecule has 170 valence electrons. The average Bonchev–Trinajstić information content (AvgIpc) is 3.04. The van der Waals surface area contributed by atoms with E-state index in [1.165, 1.54) is 17.7 Å². The number of amides is 2. The fourth-order valence-corrected chi connectivity index (χ4v) is 3.93. The molecule has 6 N–H and O–H groups in total. The van der Waals surface area contributed by atoms with E-state index in [1.54, 1.807) is 31.2 Å². The van der Waals surface area contributed by atoms with E-state index in [1.807, 2.05) is 6.92 Å². The summed E-state index contributed by atoms with van der Waals surface area (Å²) in [4.78, 5) is 42.5. The maximum atomic E-state index is 13.2. The second-order valence-corrected chi connectivity index (χ2v) is 8.16. The Morgan fingerprint density at radius 2 is 2.00 bits per heavy atom. The number of hydrogen-bond acceptors (Lipinski definition) is 6. The summed E-state index contributed by atoms with van der Waals surface area (Å²) in [7, 11) is 0. The van der Waals surface area contributed by atoms with Crippen LogP contribution in [0.4, 0.5) is 5.69 Å². The number of hydrogen-bond donors (Lipinski definition) is 5. The second-order valence-electron chi connectivity index (χ2n) is 8.16. The van der Waals surface area contributed by atoms with Gasteiger partial charge in [0.05, 0.1) is 11.7 Å². The highest BCUT2D eigenvalue weighted by atomic mass is 16.2. The van der Waals surface area contributed by atoms with Gasteiger partial charge in [0.25, 0.3) is 5.56 Å². The predicted molar refractivity (Wildman–Crippen MR) is 121 cm³/mol. The quantitative estimate of drug-likeness (QED) is 0.305. The number of carbonyl (C=O) groups excluding carboxylic acids is 2. The third-order valence-electron chi connectivity index (χ3n) is 5.45. The molecule has 1 aromatic carbocycles. The second kappa shape index (κ2) is 9.21. The molecular formula is C22H29N7O3. The molecule has 2 amide bonds. The van der Waals surface area contributed by atoms with Crippen LogP contribution in [-0.4, -0.2) is 33.7 Å².